The van der Waals surface area contributed by atoms with Gasteiger partial charge in [-0.05, 0) is 48.5 Å². The number of esters is 1. The summed E-state index contributed by atoms with van der Waals surface area (Å²) in [5.74, 6) is 1.17. The molecule has 0 radical (unpaired) electrons. The van der Waals surface area contributed by atoms with Crippen LogP contribution < -0.4 is 4.74 Å². The highest BCUT2D eigenvalue weighted by atomic mass is 16.5. The molecule has 9 heteroatoms. The SMILES string of the molecule is COC(=O)c1ccc(-c2cn(Cc3nc4ccccc4n3-c3ccc(OC)cc3)nn2)nc1. The van der Waals surface area contributed by atoms with Crippen molar-refractivity contribution in [1.29, 1.82) is 0 Å². The van der Waals surface area contributed by atoms with Crippen LogP contribution >= 0.6 is 0 Å². The first-order chi connectivity index (χ1) is 16.2. The van der Waals surface area contributed by atoms with Crippen molar-refractivity contribution in [3.63, 3.8) is 0 Å². The second kappa shape index (κ2) is 8.54. The lowest BCUT2D eigenvalue weighted by Gasteiger charge is -2.10. The van der Waals surface area contributed by atoms with E-state index < -0.39 is 5.97 Å². The smallest absolute Gasteiger partial charge is 0.339 e. The summed E-state index contributed by atoms with van der Waals surface area (Å²) in [6, 6.07) is 19.2. The van der Waals surface area contributed by atoms with Crippen molar-refractivity contribution >= 4 is 17.0 Å². The first kappa shape index (κ1) is 20.4. The molecule has 0 spiro atoms. The van der Waals surface area contributed by atoms with Crippen LogP contribution in [0.1, 0.15) is 16.2 Å². The van der Waals surface area contributed by atoms with Crippen molar-refractivity contribution in [2.45, 2.75) is 6.54 Å². The zero-order valence-corrected chi connectivity index (χ0v) is 18.0. The van der Waals surface area contributed by atoms with Gasteiger partial charge in [0.2, 0.25) is 0 Å². The molecule has 9 nitrogen and oxygen atoms in total. The Balaban J connectivity index is 1.47. The molecular weight excluding hydrogens is 420 g/mol. The number of hydrogen-bond acceptors (Lipinski definition) is 7. The second-order valence-electron chi connectivity index (χ2n) is 7.28. The third kappa shape index (κ3) is 3.91. The van der Waals surface area contributed by atoms with Gasteiger partial charge in [-0.25, -0.2) is 14.5 Å². The molecule has 3 aromatic heterocycles. The van der Waals surface area contributed by atoms with E-state index in [0.717, 1.165) is 28.3 Å². The predicted octanol–water partition coefficient (Wildman–Crippen LogP) is 3.52. The third-order valence-corrected chi connectivity index (χ3v) is 5.25. The summed E-state index contributed by atoms with van der Waals surface area (Å²) in [5.41, 5.74) is 4.44. The Bertz CT molecular complexity index is 1420. The minimum absolute atomic E-state index is 0.377. The molecule has 0 fully saturated rings. The van der Waals surface area contributed by atoms with Gasteiger partial charge in [0.1, 0.15) is 23.8 Å². The van der Waals surface area contributed by atoms with Crippen molar-refractivity contribution in [2.75, 3.05) is 14.2 Å². The fourth-order valence-electron chi connectivity index (χ4n) is 3.62. The lowest BCUT2D eigenvalue weighted by Crippen LogP contribution is -2.08. The number of fused-ring (bicyclic) bond motifs is 1. The Morgan fingerprint density at radius 3 is 2.52 bits per heavy atom. The summed E-state index contributed by atoms with van der Waals surface area (Å²) >= 11 is 0. The molecule has 33 heavy (non-hydrogen) atoms. The number of imidazole rings is 1. The van der Waals surface area contributed by atoms with Crippen molar-refractivity contribution in [3.05, 3.63) is 84.4 Å². The van der Waals surface area contributed by atoms with Gasteiger partial charge < -0.3 is 9.47 Å². The Hall–Kier alpha value is -4.53. The van der Waals surface area contributed by atoms with Crippen LogP contribution in [0.15, 0.2) is 73.1 Å². The quantitative estimate of drug-likeness (QED) is 0.373. The number of methoxy groups -OCH3 is 2. The molecule has 0 aliphatic heterocycles. The molecule has 164 valence electrons. The Morgan fingerprint density at radius 2 is 1.79 bits per heavy atom. The number of carbonyl (C=O) groups is 1. The van der Waals surface area contributed by atoms with E-state index in [9.17, 15) is 4.79 Å². The molecule has 0 saturated carbocycles. The number of pyridine rings is 1. The van der Waals surface area contributed by atoms with E-state index in [1.807, 2.05) is 48.5 Å². The monoisotopic (exact) mass is 440 g/mol. The Labute approximate surface area is 189 Å². The number of ether oxygens (including phenoxy) is 2. The minimum atomic E-state index is -0.435. The third-order valence-electron chi connectivity index (χ3n) is 5.25. The summed E-state index contributed by atoms with van der Waals surface area (Å²) in [6.07, 6.45) is 3.27. The summed E-state index contributed by atoms with van der Waals surface area (Å²) in [6.45, 7) is 0.411. The topological polar surface area (TPSA) is 97.0 Å². The average molecular weight is 440 g/mol. The van der Waals surface area contributed by atoms with Crippen LogP contribution in [0.2, 0.25) is 0 Å². The molecule has 5 rings (SSSR count). The van der Waals surface area contributed by atoms with Crippen molar-refractivity contribution < 1.29 is 14.3 Å². The largest absolute Gasteiger partial charge is 0.497 e. The molecule has 0 atom stereocenters. The van der Waals surface area contributed by atoms with Gasteiger partial charge in [-0.2, -0.15) is 0 Å². The van der Waals surface area contributed by atoms with E-state index >= 15 is 0 Å². The van der Waals surface area contributed by atoms with Crippen LogP contribution in [0.3, 0.4) is 0 Å². The molecule has 2 aromatic carbocycles. The zero-order chi connectivity index (χ0) is 22.8. The zero-order valence-electron chi connectivity index (χ0n) is 18.0. The van der Waals surface area contributed by atoms with E-state index in [1.165, 1.54) is 13.3 Å². The van der Waals surface area contributed by atoms with E-state index in [4.69, 9.17) is 14.5 Å². The lowest BCUT2D eigenvalue weighted by molar-refractivity contribution is 0.0600. The normalized spacial score (nSPS) is 11.0. The summed E-state index contributed by atoms with van der Waals surface area (Å²) in [7, 11) is 2.98. The van der Waals surface area contributed by atoms with Gasteiger partial charge >= 0.3 is 5.97 Å². The molecule has 0 unspecified atom stereocenters. The maximum atomic E-state index is 11.6. The number of hydrogen-bond donors (Lipinski definition) is 0. The number of para-hydroxylation sites is 2. The van der Waals surface area contributed by atoms with Crippen LogP contribution in [0.4, 0.5) is 0 Å². The van der Waals surface area contributed by atoms with Gasteiger partial charge in [0.15, 0.2) is 0 Å². The van der Waals surface area contributed by atoms with E-state index in [1.54, 1.807) is 30.1 Å². The standard InChI is InChI=1S/C24H20N6O3/c1-32-18-10-8-17(9-11-18)30-22-6-4-3-5-20(22)26-23(30)15-29-14-21(27-28-29)19-12-7-16(13-25-19)24(31)33-2/h3-14H,15H2,1-2H3. The molecular formula is C24H20N6O3. The molecule has 0 aliphatic carbocycles. The second-order valence-corrected chi connectivity index (χ2v) is 7.28. The number of aromatic nitrogens is 6. The van der Waals surface area contributed by atoms with Gasteiger partial charge in [-0.3, -0.25) is 9.55 Å². The molecule has 0 aliphatic rings. The number of benzene rings is 2. The fourth-order valence-corrected chi connectivity index (χ4v) is 3.62. The summed E-state index contributed by atoms with van der Waals surface area (Å²) in [5, 5.41) is 8.49. The van der Waals surface area contributed by atoms with E-state index in [-0.39, 0.29) is 0 Å². The van der Waals surface area contributed by atoms with Crippen LogP contribution in [0.5, 0.6) is 5.75 Å². The van der Waals surface area contributed by atoms with Crippen molar-refractivity contribution in [3.8, 4) is 22.8 Å². The molecule has 3 heterocycles. The highest BCUT2D eigenvalue weighted by Gasteiger charge is 2.15. The van der Waals surface area contributed by atoms with Gasteiger partial charge in [0.05, 0.1) is 42.7 Å². The van der Waals surface area contributed by atoms with Gasteiger partial charge in [0.25, 0.3) is 0 Å². The molecule has 5 aromatic rings. The van der Waals surface area contributed by atoms with Crippen molar-refractivity contribution in [2.24, 2.45) is 0 Å². The molecule has 0 bridgehead atoms. The number of nitrogens with zero attached hydrogens (tertiary/aromatic N) is 6. The highest BCUT2D eigenvalue weighted by Crippen LogP contribution is 2.24. The van der Waals surface area contributed by atoms with Crippen LogP contribution in [0.25, 0.3) is 28.1 Å². The van der Waals surface area contributed by atoms with E-state index in [0.29, 0.717) is 23.5 Å². The summed E-state index contributed by atoms with van der Waals surface area (Å²) in [4.78, 5) is 20.7. The Morgan fingerprint density at radius 1 is 0.970 bits per heavy atom. The predicted molar refractivity (Wildman–Crippen MR) is 121 cm³/mol. The maximum absolute atomic E-state index is 11.6. The average Bonchev–Trinajstić information content (AvgIpc) is 3.48. The highest BCUT2D eigenvalue weighted by molar-refractivity contribution is 5.89. The van der Waals surface area contributed by atoms with Crippen LogP contribution in [0, 0.1) is 0 Å². The van der Waals surface area contributed by atoms with Gasteiger partial charge in [0, 0.05) is 11.9 Å². The molecule has 0 N–H and O–H groups in total. The first-order valence-electron chi connectivity index (χ1n) is 10.2. The number of rotatable bonds is 6. The maximum Gasteiger partial charge on any atom is 0.339 e. The van der Waals surface area contributed by atoms with Gasteiger partial charge in [-0.15, -0.1) is 5.10 Å². The van der Waals surface area contributed by atoms with Crippen molar-refractivity contribution in [1.82, 2.24) is 29.5 Å². The van der Waals surface area contributed by atoms with Crippen LogP contribution in [-0.4, -0.2) is 49.7 Å². The molecule has 0 amide bonds. The minimum Gasteiger partial charge on any atom is -0.497 e. The Kier molecular flexibility index (Phi) is 5.27. The van der Waals surface area contributed by atoms with Crippen LogP contribution in [-0.2, 0) is 11.3 Å². The first-order valence-corrected chi connectivity index (χ1v) is 10.2. The van der Waals surface area contributed by atoms with Gasteiger partial charge in [-0.1, -0.05) is 17.3 Å². The lowest BCUT2D eigenvalue weighted by atomic mass is 10.2. The fraction of sp³-hybridized carbons (Fsp3) is 0.125. The summed E-state index contributed by atoms with van der Waals surface area (Å²) < 4.78 is 13.8. The number of carbonyl (C=O) groups excluding carboxylic acids is 1. The molecule has 0 saturated heterocycles. The van der Waals surface area contributed by atoms with E-state index in [2.05, 4.69) is 19.9 Å².